The van der Waals surface area contributed by atoms with E-state index in [1.54, 1.807) is 13.8 Å². The standard InChI is InChI=1S/C16H32N2O5S/c1-12(2)15(19)11-14(7-10-24(21,22)23)5-6-16(20)18-9-8-17-13(3)4/h12-14,17H,5-11H2,1-4H3,(H,18,20)(H,21,22,23). The van der Waals surface area contributed by atoms with Crippen LogP contribution in [-0.4, -0.2) is 49.5 Å². The Balaban J connectivity index is 4.32. The van der Waals surface area contributed by atoms with Gasteiger partial charge in [0.05, 0.1) is 5.75 Å². The van der Waals surface area contributed by atoms with Crippen LogP contribution in [0.1, 0.15) is 53.4 Å². The zero-order valence-corrected chi connectivity index (χ0v) is 16.0. The Bertz CT molecular complexity index is 489. The highest BCUT2D eigenvalue weighted by atomic mass is 32.2. The van der Waals surface area contributed by atoms with E-state index in [2.05, 4.69) is 10.6 Å². The molecule has 0 spiro atoms. The molecule has 1 amide bonds. The molecule has 3 N–H and O–H groups in total. The second-order valence-electron chi connectivity index (χ2n) is 6.76. The third-order valence-electron chi connectivity index (χ3n) is 3.70. The van der Waals surface area contributed by atoms with Gasteiger partial charge >= 0.3 is 0 Å². The van der Waals surface area contributed by atoms with E-state index in [9.17, 15) is 18.0 Å². The van der Waals surface area contributed by atoms with Crippen molar-refractivity contribution in [3.05, 3.63) is 0 Å². The van der Waals surface area contributed by atoms with E-state index in [1.807, 2.05) is 13.8 Å². The van der Waals surface area contributed by atoms with E-state index in [0.29, 0.717) is 25.6 Å². The molecule has 7 nitrogen and oxygen atoms in total. The lowest BCUT2D eigenvalue weighted by atomic mass is 9.91. The van der Waals surface area contributed by atoms with Crippen LogP contribution in [0.15, 0.2) is 0 Å². The SMILES string of the molecule is CC(C)NCCNC(=O)CCC(CCS(=O)(=O)O)CC(=O)C(C)C. The Morgan fingerprint density at radius 1 is 1.04 bits per heavy atom. The molecule has 0 bridgehead atoms. The van der Waals surface area contributed by atoms with Gasteiger partial charge < -0.3 is 10.6 Å². The number of carbonyl (C=O) groups is 2. The minimum Gasteiger partial charge on any atom is -0.355 e. The van der Waals surface area contributed by atoms with Crippen LogP contribution in [0.3, 0.4) is 0 Å². The van der Waals surface area contributed by atoms with Gasteiger partial charge in [-0.05, 0) is 18.8 Å². The van der Waals surface area contributed by atoms with Crippen molar-refractivity contribution in [2.75, 3.05) is 18.8 Å². The molecule has 142 valence electrons. The lowest BCUT2D eigenvalue weighted by Crippen LogP contribution is -2.34. The summed E-state index contributed by atoms with van der Waals surface area (Å²) in [5.41, 5.74) is 0. The Morgan fingerprint density at radius 3 is 2.17 bits per heavy atom. The number of nitrogens with one attached hydrogen (secondary N) is 2. The molecule has 0 aromatic carbocycles. The summed E-state index contributed by atoms with van der Waals surface area (Å²) in [6, 6.07) is 0.355. The summed E-state index contributed by atoms with van der Waals surface area (Å²) in [6.45, 7) is 8.83. The summed E-state index contributed by atoms with van der Waals surface area (Å²) < 4.78 is 30.7. The molecule has 0 heterocycles. The van der Waals surface area contributed by atoms with Crippen LogP contribution in [0, 0.1) is 11.8 Å². The molecular formula is C16H32N2O5S. The fourth-order valence-electron chi connectivity index (χ4n) is 2.17. The molecule has 0 saturated heterocycles. The first-order valence-electron chi connectivity index (χ1n) is 8.49. The molecule has 8 heteroatoms. The minimum atomic E-state index is -4.06. The third-order valence-corrected chi connectivity index (χ3v) is 4.45. The average molecular weight is 365 g/mol. The fourth-order valence-corrected chi connectivity index (χ4v) is 2.80. The summed E-state index contributed by atoms with van der Waals surface area (Å²) in [7, 11) is -4.06. The van der Waals surface area contributed by atoms with Gasteiger partial charge in [0.2, 0.25) is 5.91 Å². The van der Waals surface area contributed by atoms with E-state index in [-0.39, 0.29) is 48.5 Å². The predicted molar refractivity (Wildman–Crippen MR) is 94.4 cm³/mol. The molecule has 0 saturated carbocycles. The van der Waals surface area contributed by atoms with E-state index >= 15 is 0 Å². The molecular weight excluding hydrogens is 332 g/mol. The van der Waals surface area contributed by atoms with Gasteiger partial charge in [-0.3, -0.25) is 14.1 Å². The van der Waals surface area contributed by atoms with Crippen LogP contribution in [-0.2, 0) is 19.7 Å². The summed E-state index contributed by atoms with van der Waals surface area (Å²) in [4.78, 5) is 23.7. The maximum Gasteiger partial charge on any atom is 0.264 e. The topological polar surface area (TPSA) is 113 Å². The maximum absolute atomic E-state index is 11.9. The van der Waals surface area contributed by atoms with E-state index < -0.39 is 10.1 Å². The Kier molecular flexibility index (Phi) is 11.1. The Labute approximate surface area is 145 Å². The van der Waals surface area contributed by atoms with E-state index in [1.165, 1.54) is 0 Å². The van der Waals surface area contributed by atoms with Gasteiger partial charge in [0.15, 0.2) is 0 Å². The van der Waals surface area contributed by atoms with Crippen LogP contribution >= 0.6 is 0 Å². The monoisotopic (exact) mass is 364 g/mol. The molecule has 0 aromatic heterocycles. The van der Waals surface area contributed by atoms with Crippen LogP contribution < -0.4 is 10.6 Å². The molecule has 0 aliphatic carbocycles. The van der Waals surface area contributed by atoms with Crippen molar-refractivity contribution in [2.24, 2.45) is 11.8 Å². The number of amides is 1. The summed E-state index contributed by atoms with van der Waals surface area (Å²) in [5, 5.41) is 5.98. The highest BCUT2D eigenvalue weighted by molar-refractivity contribution is 7.85. The molecule has 0 rings (SSSR count). The van der Waals surface area contributed by atoms with E-state index in [4.69, 9.17) is 4.55 Å². The largest absolute Gasteiger partial charge is 0.355 e. The highest BCUT2D eigenvalue weighted by Gasteiger charge is 2.19. The van der Waals surface area contributed by atoms with Crippen molar-refractivity contribution in [1.82, 2.24) is 10.6 Å². The number of carbonyl (C=O) groups excluding carboxylic acids is 2. The highest BCUT2D eigenvalue weighted by Crippen LogP contribution is 2.19. The quantitative estimate of drug-likeness (QED) is 0.336. The Hall–Kier alpha value is -0.990. The minimum absolute atomic E-state index is 0.0388. The molecule has 1 atom stereocenters. The second kappa shape index (κ2) is 11.5. The van der Waals surface area contributed by atoms with Gasteiger partial charge in [0.1, 0.15) is 5.78 Å². The van der Waals surface area contributed by atoms with Crippen molar-refractivity contribution in [3.63, 3.8) is 0 Å². The zero-order chi connectivity index (χ0) is 18.8. The number of hydrogen-bond acceptors (Lipinski definition) is 5. The molecule has 0 fully saturated rings. The molecule has 0 aliphatic rings. The van der Waals surface area contributed by atoms with Crippen molar-refractivity contribution in [1.29, 1.82) is 0 Å². The lowest BCUT2D eigenvalue weighted by molar-refractivity contribution is -0.124. The molecule has 0 radical (unpaired) electrons. The fraction of sp³-hybridized carbons (Fsp3) is 0.875. The van der Waals surface area contributed by atoms with Crippen LogP contribution in [0.4, 0.5) is 0 Å². The first kappa shape index (κ1) is 23.0. The first-order chi connectivity index (χ1) is 11.0. The average Bonchev–Trinajstić information content (AvgIpc) is 2.45. The van der Waals surface area contributed by atoms with Gasteiger partial charge in [-0.15, -0.1) is 0 Å². The number of hydrogen-bond donors (Lipinski definition) is 3. The zero-order valence-electron chi connectivity index (χ0n) is 15.2. The molecule has 24 heavy (non-hydrogen) atoms. The normalized spacial score (nSPS) is 13.3. The van der Waals surface area contributed by atoms with Crippen LogP contribution in [0.25, 0.3) is 0 Å². The van der Waals surface area contributed by atoms with Gasteiger partial charge in [0, 0.05) is 37.9 Å². The van der Waals surface area contributed by atoms with Gasteiger partial charge in [-0.1, -0.05) is 27.7 Å². The third kappa shape index (κ3) is 13.4. The smallest absolute Gasteiger partial charge is 0.264 e. The van der Waals surface area contributed by atoms with Gasteiger partial charge in [0.25, 0.3) is 10.1 Å². The number of rotatable bonds is 13. The van der Waals surface area contributed by atoms with Crippen LogP contribution in [0.2, 0.25) is 0 Å². The van der Waals surface area contributed by atoms with Gasteiger partial charge in [-0.25, -0.2) is 0 Å². The van der Waals surface area contributed by atoms with Crippen molar-refractivity contribution in [2.45, 2.75) is 59.4 Å². The summed E-state index contributed by atoms with van der Waals surface area (Å²) in [5.74, 6) is -0.815. The second-order valence-corrected chi connectivity index (χ2v) is 8.34. The van der Waals surface area contributed by atoms with E-state index in [0.717, 1.165) is 0 Å². The molecule has 0 aromatic rings. The van der Waals surface area contributed by atoms with Gasteiger partial charge in [-0.2, -0.15) is 8.42 Å². The van der Waals surface area contributed by atoms with Crippen LogP contribution in [0.5, 0.6) is 0 Å². The van der Waals surface area contributed by atoms with Crippen molar-refractivity contribution < 1.29 is 22.6 Å². The number of Topliss-reactive ketones (excluding diaryl/α,β-unsaturated/α-hetero) is 1. The molecule has 0 aliphatic heterocycles. The lowest BCUT2D eigenvalue weighted by Gasteiger charge is -2.17. The van der Waals surface area contributed by atoms with Crippen molar-refractivity contribution >= 4 is 21.8 Å². The summed E-state index contributed by atoms with van der Waals surface area (Å²) >= 11 is 0. The first-order valence-corrected chi connectivity index (χ1v) is 10.1. The summed E-state index contributed by atoms with van der Waals surface area (Å²) in [6.07, 6.45) is 1.08. The Morgan fingerprint density at radius 2 is 1.67 bits per heavy atom. The van der Waals surface area contributed by atoms with Crippen molar-refractivity contribution in [3.8, 4) is 0 Å². The number of ketones is 1. The predicted octanol–water partition coefficient (Wildman–Crippen LogP) is 1.39. The maximum atomic E-state index is 11.9. The molecule has 1 unspecified atom stereocenters.